The van der Waals surface area contributed by atoms with Crippen molar-refractivity contribution in [3.8, 4) is 5.88 Å². The highest BCUT2D eigenvalue weighted by Crippen LogP contribution is 2.30. The van der Waals surface area contributed by atoms with E-state index in [0.29, 0.717) is 39.6 Å². The summed E-state index contributed by atoms with van der Waals surface area (Å²) in [5.41, 5.74) is -0.0718. The number of thiazole rings is 1. The van der Waals surface area contributed by atoms with E-state index in [0.717, 1.165) is 22.6 Å². The normalized spacial score (nSPS) is 13.2. The monoisotopic (exact) mass is 475 g/mol. The number of nitrogens with zero attached hydrogens (tertiary/aromatic N) is 5. The average molecular weight is 476 g/mol. The topological polar surface area (TPSA) is 74.6 Å². The SMILES string of the molecule is Oc1c(C=c2ccc(=C3N=NN=N3)cc2)sc(=S)n1CCCc1cccc(C(F)(F)F)c1. The Hall–Kier alpha value is -3.18. The fraction of sp³-hybridized carbons (Fsp3) is 0.190. The smallest absolute Gasteiger partial charge is 0.416 e. The zero-order valence-corrected chi connectivity index (χ0v) is 18.1. The molecule has 3 aromatic rings. The molecule has 0 amide bonds. The van der Waals surface area contributed by atoms with Crippen molar-refractivity contribution in [3.05, 3.63) is 78.9 Å². The van der Waals surface area contributed by atoms with E-state index in [9.17, 15) is 18.3 Å². The van der Waals surface area contributed by atoms with E-state index in [-0.39, 0.29) is 5.88 Å². The fourth-order valence-electron chi connectivity index (χ4n) is 3.19. The van der Waals surface area contributed by atoms with Gasteiger partial charge in [0.05, 0.1) is 10.4 Å². The third-order valence-corrected chi connectivity index (χ3v) is 6.17. The summed E-state index contributed by atoms with van der Waals surface area (Å²) >= 11 is 6.64. The molecule has 0 bridgehead atoms. The summed E-state index contributed by atoms with van der Waals surface area (Å²) < 4.78 is 40.7. The molecular formula is C21H16F3N5OS2. The van der Waals surface area contributed by atoms with Crippen LogP contribution in [0.25, 0.3) is 11.9 Å². The van der Waals surface area contributed by atoms with Gasteiger partial charge in [0.1, 0.15) is 0 Å². The second-order valence-corrected chi connectivity index (χ2v) is 8.65. The van der Waals surface area contributed by atoms with E-state index < -0.39 is 11.7 Å². The highest BCUT2D eigenvalue weighted by molar-refractivity contribution is 7.73. The van der Waals surface area contributed by atoms with Crippen LogP contribution in [0.3, 0.4) is 0 Å². The molecule has 1 aromatic heterocycles. The van der Waals surface area contributed by atoms with Crippen molar-refractivity contribution in [1.29, 1.82) is 0 Å². The van der Waals surface area contributed by atoms with Gasteiger partial charge in [0.25, 0.3) is 0 Å². The summed E-state index contributed by atoms with van der Waals surface area (Å²) in [6.07, 6.45) is -1.58. The summed E-state index contributed by atoms with van der Waals surface area (Å²) in [7, 11) is 0. The number of benzene rings is 2. The van der Waals surface area contributed by atoms with Gasteiger partial charge in [-0.15, -0.1) is 21.6 Å². The lowest BCUT2D eigenvalue weighted by Crippen LogP contribution is -2.08. The molecule has 164 valence electrons. The van der Waals surface area contributed by atoms with Gasteiger partial charge in [-0.3, -0.25) is 4.57 Å². The highest BCUT2D eigenvalue weighted by atomic mass is 32.1. The van der Waals surface area contributed by atoms with Crippen LogP contribution in [0, 0.1) is 3.95 Å². The van der Waals surface area contributed by atoms with Crippen molar-refractivity contribution in [3.63, 3.8) is 0 Å². The lowest BCUT2D eigenvalue weighted by Gasteiger charge is -2.09. The number of halogens is 3. The van der Waals surface area contributed by atoms with Gasteiger partial charge >= 0.3 is 6.18 Å². The van der Waals surface area contributed by atoms with Crippen molar-refractivity contribution in [1.82, 2.24) is 4.57 Å². The molecule has 0 spiro atoms. The van der Waals surface area contributed by atoms with Crippen LogP contribution in [-0.2, 0) is 19.1 Å². The molecule has 0 fully saturated rings. The van der Waals surface area contributed by atoms with Crippen molar-refractivity contribution < 1.29 is 18.3 Å². The van der Waals surface area contributed by atoms with Crippen molar-refractivity contribution in [2.24, 2.45) is 20.7 Å². The first-order chi connectivity index (χ1) is 15.3. The molecule has 6 nitrogen and oxygen atoms in total. The van der Waals surface area contributed by atoms with Gasteiger partial charge in [-0.25, -0.2) is 0 Å². The van der Waals surface area contributed by atoms with Crippen molar-refractivity contribution in [2.45, 2.75) is 25.6 Å². The van der Waals surface area contributed by atoms with Gasteiger partial charge in [0.15, 0.2) is 3.95 Å². The zero-order chi connectivity index (χ0) is 22.7. The van der Waals surface area contributed by atoms with E-state index in [2.05, 4.69) is 20.7 Å². The van der Waals surface area contributed by atoms with Gasteiger partial charge < -0.3 is 5.11 Å². The lowest BCUT2D eigenvalue weighted by molar-refractivity contribution is -0.137. The van der Waals surface area contributed by atoms with Crippen molar-refractivity contribution in [2.75, 3.05) is 0 Å². The molecule has 0 unspecified atom stereocenters. The quantitative estimate of drug-likeness (QED) is 0.504. The van der Waals surface area contributed by atoms with Gasteiger partial charge in [0.2, 0.25) is 11.7 Å². The largest absolute Gasteiger partial charge is 0.493 e. The van der Waals surface area contributed by atoms with Crippen LogP contribution in [0.4, 0.5) is 13.2 Å². The van der Waals surface area contributed by atoms with Crippen LogP contribution < -0.4 is 10.4 Å². The summed E-state index contributed by atoms with van der Waals surface area (Å²) in [6.45, 7) is 0.401. The Labute approximate surface area is 189 Å². The summed E-state index contributed by atoms with van der Waals surface area (Å²) in [5, 5.41) is 26.8. The summed E-state index contributed by atoms with van der Waals surface area (Å²) in [5.74, 6) is 0.475. The Bertz CT molecular complexity index is 1350. The minimum atomic E-state index is -4.36. The minimum Gasteiger partial charge on any atom is -0.493 e. The third kappa shape index (κ3) is 5.00. The molecular weight excluding hydrogens is 459 g/mol. The Balaban J connectivity index is 1.48. The molecule has 32 heavy (non-hydrogen) atoms. The fourth-order valence-corrected chi connectivity index (χ4v) is 4.51. The number of hydrogen-bond donors (Lipinski definition) is 1. The Morgan fingerprint density at radius 2 is 1.78 bits per heavy atom. The predicted octanol–water partition coefficient (Wildman–Crippen LogP) is 5.36. The van der Waals surface area contributed by atoms with Gasteiger partial charge in [0, 0.05) is 11.8 Å². The van der Waals surface area contributed by atoms with Crippen LogP contribution in [0.5, 0.6) is 5.88 Å². The standard InChI is InChI=1S/C21H16F3N5OS2/c22-21(23,24)16-5-1-3-13(11-16)4-2-10-29-19(30)17(32-20(29)31)12-14-6-8-15(9-7-14)18-25-27-28-26-18/h1,3,5-9,11-12,30H,2,4,10H2. The Kier molecular flexibility index (Phi) is 6.28. The van der Waals surface area contributed by atoms with E-state index >= 15 is 0 Å². The first-order valence-electron chi connectivity index (χ1n) is 9.54. The average Bonchev–Trinajstić information content (AvgIpc) is 3.39. The zero-order valence-electron chi connectivity index (χ0n) is 16.5. The van der Waals surface area contributed by atoms with E-state index in [1.165, 1.54) is 17.4 Å². The molecule has 0 radical (unpaired) electrons. The molecule has 2 aromatic carbocycles. The van der Waals surface area contributed by atoms with Crippen LogP contribution in [0.2, 0.25) is 0 Å². The number of rotatable bonds is 5. The van der Waals surface area contributed by atoms with E-state index in [1.807, 2.05) is 30.3 Å². The number of aryl methyl sites for hydroxylation is 1. The van der Waals surface area contributed by atoms with Crippen LogP contribution in [0.15, 0.2) is 69.2 Å². The highest BCUT2D eigenvalue weighted by Gasteiger charge is 2.30. The van der Waals surface area contributed by atoms with Crippen LogP contribution >= 0.6 is 23.6 Å². The summed E-state index contributed by atoms with van der Waals surface area (Å²) in [6, 6.07) is 12.6. The van der Waals surface area contributed by atoms with Crippen LogP contribution in [-0.4, -0.2) is 9.67 Å². The minimum absolute atomic E-state index is 0.0425. The molecule has 2 heterocycles. The molecule has 0 aliphatic carbocycles. The number of hydrogen-bond acceptors (Lipinski definition) is 7. The summed E-state index contributed by atoms with van der Waals surface area (Å²) in [4.78, 5) is 0.606. The molecule has 0 saturated heterocycles. The van der Waals surface area contributed by atoms with E-state index in [1.54, 1.807) is 10.6 Å². The molecule has 11 heteroatoms. The maximum absolute atomic E-state index is 12.9. The number of aromatic nitrogens is 1. The maximum atomic E-state index is 12.9. The van der Waals surface area contributed by atoms with Gasteiger partial charge in [-0.1, -0.05) is 42.5 Å². The first kappa shape index (κ1) is 22.0. The van der Waals surface area contributed by atoms with Gasteiger partial charge in [-0.2, -0.15) is 13.2 Å². The maximum Gasteiger partial charge on any atom is 0.416 e. The molecule has 1 N–H and O–H groups in total. The molecule has 0 saturated carbocycles. The van der Waals surface area contributed by atoms with Crippen LogP contribution in [0.1, 0.15) is 22.4 Å². The Morgan fingerprint density at radius 1 is 1.06 bits per heavy atom. The number of alkyl halides is 3. The molecule has 1 aliphatic heterocycles. The second-order valence-electron chi connectivity index (χ2n) is 6.98. The molecule has 4 rings (SSSR count). The first-order valence-corrected chi connectivity index (χ1v) is 10.8. The lowest BCUT2D eigenvalue weighted by atomic mass is 10.1. The van der Waals surface area contributed by atoms with Gasteiger partial charge in [-0.05, 0) is 58.4 Å². The van der Waals surface area contributed by atoms with E-state index in [4.69, 9.17) is 12.2 Å². The predicted molar refractivity (Wildman–Crippen MR) is 117 cm³/mol. The Morgan fingerprint density at radius 3 is 2.47 bits per heavy atom. The second kappa shape index (κ2) is 9.13. The molecule has 0 atom stereocenters. The number of aromatic hydroxyl groups is 1. The third-order valence-electron chi connectivity index (χ3n) is 4.78. The van der Waals surface area contributed by atoms with Crippen molar-refractivity contribution >= 4 is 35.5 Å². The molecule has 1 aliphatic rings.